The first-order valence-electron chi connectivity index (χ1n) is 6.75. The van der Waals surface area contributed by atoms with Crippen molar-refractivity contribution < 1.29 is 5.11 Å². The van der Waals surface area contributed by atoms with Gasteiger partial charge < -0.3 is 5.11 Å². The molecule has 0 radical (unpaired) electrons. The van der Waals surface area contributed by atoms with Crippen LogP contribution in [-0.2, 0) is 5.41 Å². The van der Waals surface area contributed by atoms with Gasteiger partial charge in [0.25, 0.3) is 0 Å². The molecule has 0 fully saturated rings. The number of aromatic hydroxyl groups is 1. The van der Waals surface area contributed by atoms with Crippen LogP contribution in [0.2, 0.25) is 5.02 Å². The van der Waals surface area contributed by atoms with Gasteiger partial charge in [0.2, 0.25) is 0 Å². The van der Waals surface area contributed by atoms with E-state index in [4.69, 9.17) is 11.6 Å². The molecule has 2 rings (SSSR count). The number of para-hydroxylation sites is 1. The monoisotopic (exact) mass is 302 g/mol. The number of rotatable bonds is 3. The van der Waals surface area contributed by atoms with Crippen LogP contribution in [0.4, 0.5) is 5.69 Å². The summed E-state index contributed by atoms with van der Waals surface area (Å²) < 4.78 is 0. The quantitative estimate of drug-likeness (QED) is 0.632. The predicted octanol–water partition coefficient (Wildman–Crippen LogP) is 4.79. The summed E-state index contributed by atoms with van der Waals surface area (Å²) in [5.41, 5.74) is 5.39. The maximum Gasteiger partial charge on any atom is 0.143 e. The molecule has 2 N–H and O–H groups in total. The van der Waals surface area contributed by atoms with Crippen molar-refractivity contribution >= 4 is 23.5 Å². The van der Waals surface area contributed by atoms with Crippen LogP contribution in [0, 0.1) is 0 Å². The molecular formula is C17H19ClN2O. The number of nitrogens with one attached hydrogen (secondary N) is 1. The molecule has 0 heterocycles. The highest BCUT2D eigenvalue weighted by atomic mass is 35.5. The molecule has 0 aliphatic rings. The van der Waals surface area contributed by atoms with Crippen molar-refractivity contribution in [1.29, 1.82) is 0 Å². The second-order valence-electron chi connectivity index (χ2n) is 5.88. The van der Waals surface area contributed by atoms with Gasteiger partial charge in [0.15, 0.2) is 0 Å². The molecular weight excluding hydrogens is 284 g/mol. The zero-order valence-corrected chi connectivity index (χ0v) is 13.1. The Morgan fingerprint density at radius 3 is 2.43 bits per heavy atom. The maximum absolute atomic E-state index is 10.0. The Hall–Kier alpha value is -2.00. The summed E-state index contributed by atoms with van der Waals surface area (Å²) in [5, 5.41) is 14.5. The van der Waals surface area contributed by atoms with Crippen molar-refractivity contribution in [3.63, 3.8) is 0 Å². The number of benzene rings is 2. The van der Waals surface area contributed by atoms with E-state index in [1.54, 1.807) is 12.3 Å². The summed E-state index contributed by atoms with van der Waals surface area (Å²) in [6, 6.07) is 13.3. The number of phenolic OH excluding ortho intramolecular Hbond substituents is 1. The van der Waals surface area contributed by atoms with Gasteiger partial charge in [-0.1, -0.05) is 50.6 Å². The van der Waals surface area contributed by atoms with Crippen LogP contribution in [0.1, 0.15) is 31.9 Å². The van der Waals surface area contributed by atoms with Crippen LogP contribution in [0.15, 0.2) is 47.6 Å². The highest BCUT2D eigenvalue weighted by Crippen LogP contribution is 2.33. The van der Waals surface area contributed by atoms with E-state index in [1.165, 1.54) is 0 Å². The lowest BCUT2D eigenvalue weighted by molar-refractivity contribution is 0.473. The Bertz CT molecular complexity index is 646. The number of phenols is 1. The third-order valence-corrected chi connectivity index (χ3v) is 3.42. The standard InChI is InChI=1S/C17H19ClN2O/c1-17(2,3)13-9-12(16(21)15(18)10-13)11-19-20-14-7-5-4-6-8-14/h4-11,20-21H,1-3H3. The Morgan fingerprint density at radius 1 is 1.14 bits per heavy atom. The van der Waals surface area contributed by atoms with Crippen molar-refractivity contribution in [1.82, 2.24) is 0 Å². The lowest BCUT2D eigenvalue weighted by atomic mass is 9.86. The third-order valence-electron chi connectivity index (χ3n) is 3.13. The predicted molar refractivity (Wildman–Crippen MR) is 89.5 cm³/mol. The molecule has 0 saturated carbocycles. The highest BCUT2D eigenvalue weighted by Gasteiger charge is 2.17. The first kappa shape index (κ1) is 15.4. The average Bonchev–Trinajstić information content (AvgIpc) is 2.43. The van der Waals surface area contributed by atoms with Gasteiger partial charge >= 0.3 is 0 Å². The van der Waals surface area contributed by atoms with Crippen molar-refractivity contribution in [2.75, 3.05) is 5.43 Å². The van der Waals surface area contributed by atoms with Gasteiger partial charge in [-0.25, -0.2) is 0 Å². The minimum atomic E-state index is -0.0488. The lowest BCUT2D eigenvalue weighted by Gasteiger charge is -2.20. The molecule has 0 aliphatic carbocycles. The Morgan fingerprint density at radius 2 is 1.81 bits per heavy atom. The van der Waals surface area contributed by atoms with E-state index in [9.17, 15) is 5.11 Å². The van der Waals surface area contributed by atoms with Crippen LogP contribution in [0.3, 0.4) is 0 Å². The molecule has 2 aromatic rings. The molecule has 21 heavy (non-hydrogen) atoms. The normalized spacial score (nSPS) is 11.8. The summed E-state index contributed by atoms with van der Waals surface area (Å²) in [4.78, 5) is 0. The lowest BCUT2D eigenvalue weighted by Crippen LogP contribution is -2.11. The van der Waals surface area contributed by atoms with Crippen LogP contribution < -0.4 is 5.43 Å². The second kappa shape index (κ2) is 6.19. The molecule has 3 nitrogen and oxygen atoms in total. The van der Waals surface area contributed by atoms with Crippen LogP contribution >= 0.6 is 11.6 Å². The minimum Gasteiger partial charge on any atom is -0.506 e. The van der Waals surface area contributed by atoms with Gasteiger partial charge in [-0.2, -0.15) is 5.10 Å². The SMILES string of the molecule is CC(C)(C)c1cc(Cl)c(O)c(C=NNc2ccccc2)c1. The first-order valence-corrected chi connectivity index (χ1v) is 7.13. The number of hydrogen-bond donors (Lipinski definition) is 2. The summed E-state index contributed by atoms with van der Waals surface area (Å²) in [6.45, 7) is 6.29. The van der Waals surface area contributed by atoms with E-state index in [0.29, 0.717) is 10.6 Å². The molecule has 4 heteroatoms. The Labute approximate surface area is 130 Å². The molecule has 0 spiro atoms. The Balaban J connectivity index is 2.25. The summed E-state index contributed by atoms with van der Waals surface area (Å²) in [7, 11) is 0. The van der Waals surface area contributed by atoms with Crippen molar-refractivity contribution in [3.05, 3.63) is 58.6 Å². The van der Waals surface area contributed by atoms with Gasteiger partial charge in [0.1, 0.15) is 5.75 Å². The summed E-state index contributed by atoms with van der Waals surface area (Å²) in [5.74, 6) is 0.0447. The molecule has 0 amide bonds. The van der Waals surface area contributed by atoms with Gasteiger partial charge in [-0.05, 0) is 35.2 Å². The maximum atomic E-state index is 10.0. The molecule has 110 valence electrons. The van der Waals surface area contributed by atoms with Gasteiger partial charge in [0.05, 0.1) is 16.9 Å². The van der Waals surface area contributed by atoms with Gasteiger partial charge in [0, 0.05) is 5.56 Å². The number of nitrogens with zero attached hydrogens (tertiary/aromatic N) is 1. The summed E-state index contributed by atoms with van der Waals surface area (Å²) in [6.07, 6.45) is 1.57. The molecule has 0 atom stereocenters. The van der Waals surface area contributed by atoms with Crippen LogP contribution in [-0.4, -0.2) is 11.3 Å². The van der Waals surface area contributed by atoms with Crippen LogP contribution in [0.25, 0.3) is 0 Å². The molecule has 0 aliphatic heterocycles. The molecule has 0 bridgehead atoms. The number of halogens is 1. The second-order valence-corrected chi connectivity index (χ2v) is 6.29. The molecule has 2 aromatic carbocycles. The largest absolute Gasteiger partial charge is 0.506 e. The number of hydrazone groups is 1. The van der Waals surface area contributed by atoms with Crippen molar-refractivity contribution in [2.45, 2.75) is 26.2 Å². The van der Waals surface area contributed by atoms with Gasteiger partial charge in [-0.15, -0.1) is 0 Å². The molecule has 0 aromatic heterocycles. The highest BCUT2D eigenvalue weighted by molar-refractivity contribution is 6.32. The van der Waals surface area contributed by atoms with Crippen molar-refractivity contribution in [3.8, 4) is 5.75 Å². The summed E-state index contributed by atoms with van der Waals surface area (Å²) >= 11 is 6.09. The fourth-order valence-electron chi connectivity index (χ4n) is 1.84. The van der Waals surface area contributed by atoms with Crippen molar-refractivity contribution in [2.24, 2.45) is 5.10 Å². The molecule has 0 saturated heterocycles. The average molecular weight is 303 g/mol. The topological polar surface area (TPSA) is 44.6 Å². The van der Waals surface area contributed by atoms with E-state index in [0.717, 1.165) is 11.3 Å². The zero-order valence-electron chi connectivity index (χ0n) is 12.4. The minimum absolute atomic E-state index is 0.0447. The smallest absolute Gasteiger partial charge is 0.143 e. The Kier molecular flexibility index (Phi) is 4.53. The molecule has 0 unspecified atom stereocenters. The van der Waals surface area contributed by atoms with E-state index < -0.39 is 0 Å². The zero-order chi connectivity index (χ0) is 15.5. The number of anilines is 1. The number of hydrogen-bond acceptors (Lipinski definition) is 3. The fraction of sp³-hybridized carbons (Fsp3) is 0.235. The first-order chi connectivity index (χ1) is 9.88. The van der Waals surface area contributed by atoms with E-state index in [-0.39, 0.29) is 11.2 Å². The van der Waals surface area contributed by atoms with E-state index in [1.807, 2.05) is 36.4 Å². The third kappa shape index (κ3) is 3.99. The van der Waals surface area contributed by atoms with Crippen LogP contribution in [0.5, 0.6) is 5.75 Å². The van der Waals surface area contributed by atoms with Gasteiger partial charge in [-0.3, -0.25) is 5.43 Å². The van der Waals surface area contributed by atoms with E-state index in [2.05, 4.69) is 31.3 Å². The fourth-order valence-corrected chi connectivity index (χ4v) is 2.07. The van der Waals surface area contributed by atoms with E-state index >= 15 is 0 Å².